The topological polar surface area (TPSA) is 80.7 Å². The Morgan fingerprint density at radius 1 is 1.53 bits per heavy atom. The number of carbonyl (C=O) groups is 1. The van der Waals surface area contributed by atoms with Gasteiger partial charge in [-0.15, -0.1) is 0 Å². The van der Waals surface area contributed by atoms with Crippen molar-refractivity contribution in [1.82, 2.24) is 10.2 Å². The zero-order valence-electron chi connectivity index (χ0n) is 11.2. The molecule has 0 saturated carbocycles. The second-order valence-corrected chi connectivity index (χ2v) is 4.79. The van der Waals surface area contributed by atoms with Crippen LogP contribution in [0.5, 0.6) is 0 Å². The van der Waals surface area contributed by atoms with Crippen LogP contribution in [0.3, 0.4) is 0 Å². The molecule has 2 heterocycles. The molecule has 0 radical (unpaired) electrons. The molecule has 106 valence electrons. The molecule has 0 aromatic carbocycles. The lowest BCUT2D eigenvalue weighted by atomic mass is 10.2. The van der Waals surface area contributed by atoms with Crippen molar-refractivity contribution in [3.63, 3.8) is 0 Å². The zero-order chi connectivity index (χ0) is 13.7. The van der Waals surface area contributed by atoms with Gasteiger partial charge in [0.1, 0.15) is 12.0 Å². The van der Waals surface area contributed by atoms with Gasteiger partial charge >= 0.3 is 0 Å². The second-order valence-electron chi connectivity index (χ2n) is 4.79. The first-order valence-corrected chi connectivity index (χ1v) is 6.57. The van der Waals surface area contributed by atoms with Gasteiger partial charge in [0, 0.05) is 25.7 Å². The van der Waals surface area contributed by atoms with Crippen LogP contribution in [0.2, 0.25) is 0 Å². The molecule has 0 bridgehead atoms. The van der Waals surface area contributed by atoms with Crippen molar-refractivity contribution < 1.29 is 13.9 Å². The Balaban J connectivity index is 1.80. The van der Waals surface area contributed by atoms with Gasteiger partial charge in [-0.2, -0.15) is 0 Å². The average molecular weight is 267 g/mol. The van der Waals surface area contributed by atoms with Gasteiger partial charge in [0.05, 0.1) is 25.3 Å². The monoisotopic (exact) mass is 267 g/mol. The molecule has 0 spiro atoms. The minimum atomic E-state index is -0.121. The van der Waals surface area contributed by atoms with E-state index in [0.29, 0.717) is 17.9 Å². The lowest BCUT2D eigenvalue weighted by Gasteiger charge is -2.29. The number of carbonyl (C=O) groups excluding carboxylic acids is 1. The van der Waals surface area contributed by atoms with Crippen molar-refractivity contribution in [3.05, 3.63) is 23.7 Å². The summed E-state index contributed by atoms with van der Waals surface area (Å²) in [6.07, 6.45) is 1.44. The third kappa shape index (κ3) is 4.05. The molecule has 2 rings (SSSR count). The highest BCUT2D eigenvalue weighted by molar-refractivity contribution is 5.94. The lowest BCUT2D eigenvalue weighted by Crippen LogP contribution is -2.45. The highest BCUT2D eigenvalue weighted by Crippen LogP contribution is 2.07. The van der Waals surface area contributed by atoms with Gasteiger partial charge in [-0.3, -0.25) is 9.69 Å². The molecule has 19 heavy (non-hydrogen) atoms. The molecule has 1 atom stereocenters. The maximum Gasteiger partial charge on any atom is 0.254 e. The summed E-state index contributed by atoms with van der Waals surface area (Å²) in [6.45, 7) is 6.50. The predicted molar refractivity (Wildman–Crippen MR) is 70.8 cm³/mol. The molecule has 0 aliphatic carbocycles. The minimum Gasteiger partial charge on any atom is -0.467 e. The summed E-state index contributed by atoms with van der Waals surface area (Å²) in [5.74, 6) is 0.496. The number of morpholine rings is 1. The fourth-order valence-corrected chi connectivity index (χ4v) is 2.13. The molecule has 1 aliphatic rings. The highest BCUT2D eigenvalue weighted by atomic mass is 16.5. The molecular formula is C13H21N3O3. The van der Waals surface area contributed by atoms with E-state index in [1.54, 1.807) is 6.07 Å². The van der Waals surface area contributed by atoms with Crippen LogP contribution in [0.1, 0.15) is 23.0 Å². The predicted octanol–water partition coefficient (Wildman–Crippen LogP) is 0.189. The first-order chi connectivity index (χ1) is 9.19. The Hall–Kier alpha value is -1.37. The van der Waals surface area contributed by atoms with Crippen molar-refractivity contribution in [1.29, 1.82) is 0 Å². The average Bonchev–Trinajstić information content (AvgIpc) is 2.88. The van der Waals surface area contributed by atoms with E-state index in [0.717, 1.165) is 32.8 Å². The van der Waals surface area contributed by atoms with Crippen LogP contribution in [0.15, 0.2) is 16.7 Å². The van der Waals surface area contributed by atoms with Crippen LogP contribution in [0.25, 0.3) is 0 Å². The Morgan fingerprint density at radius 2 is 2.26 bits per heavy atom. The van der Waals surface area contributed by atoms with E-state index >= 15 is 0 Å². The molecule has 1 unspecified atom stereocenters. The zero-order valence-corrected chi connectivity index (χ0v) is 11.2. The minimum absolute atomic E-state index is 0.0850. The third-order valence-electron chi connectivity index (χ3n) is 3.13. The van der Waals surface area contributed by atoms with E-state index in [4.69, 9.17) is 14.9 Å². The van der Waals surface area contributed by atoms with E-state index < -0.39 is 0 Å². The van der Waals surface area contributed by atoms with Gasteiger partial charge < -0.3 is 20.2 Å². The first kappa shape index (κ1) is 14.0. The van der Waals surface area contributed by atoms with E-state index in [1.165, 1.54) is 6.26 Å². The fraction of sp³-hybridized carbons (Fsp3) is 0.615. The maximum atomic E-state index is 12.0. The Bertz CT molecular complexity index is 413. The molecule has 3 N–H and O–H groups in total. The number of rotatable bonds is 5. The molecule has 6 nitrogen and oxygen atoms in total. The fourth-order valence-electron chi connectivity index (χ4n) is 2.13. The van der Waals surface area contributed by atoms with Crippen molar-refractivity contribution in [2.75, 3.05) is 32.8 Å². The lowest BCUT2D eigenvalue weighted by molar-refractivity contribution is 0.0342. The van der Waals surface area contributed by atoms with Crippen LogP contribution in [0.4, 0.5) is 0 Å². The molecule has 1 amide bonds. The van der Waals surface area contributed by atoms with Gasteiger partial charge in [0.25, 0.3) is 5.91 Å². The van der Waals surface area contributed by atoms with Gasteiger partial charge in [0.2, 0.25) is 0 Å². The van der Waals surface area contributed by atoms with Crippen molar-refractivity contribution >= 4 is 5.91 Å². The second kappa shape index (κ2) is 6.70. The van der Waals surface area contributed by atoms with Gasteiger partial charge in [-0.1, -0.05) is 0 Å². The first-order valence-electron chi connectivity index (χ1n) is 6.57. The van der Waals surface area contributed by atoms with Crippen molar-refractivity contribution in [2.45, 2.75) is 19.5 Å². The number of nitrogens with two attached hydrogens (primary N) is 1. The number of nitrogens with zero attached hydrogens (tertiary/aromatic N) is 1. The number of ether oxygens (including phenoxy) is 1. The highest BCUT2D eigenvalue weighted by Gasteiger charge is 2.16. The van der Waals surface area contributed by atoms with Crippen LogP contribution in [-0.2, 0) is 11.3 Å². The summed E-state index contributed by atoms with van der Waals surface area (Å²) in [4.78, 5) is 14.3. The largest absolute Gasteiger partial charge is 0.467 e. The molecule has 1 aliphatic heterocycles. The van der Waals surface area contributed by atoms with Crippen LogP contribution in [-0.4, -0.2) is 49.7 Å². The summed E-state index contributed by atoms with van der Waals surface area (Å²) >= 11 is 0. The Kier molecular flexibility index (Phi) is 4.95. The quantitative estimate of drug-likeness (QED) is 0.796. The summed E-state index contributed by atoms with van der Waals surface area (Å²) < 4.78 is 10.4. The maximum absolute atomic E-state index is 12.0. The van der Waals surface area contributed by atoms with Crippen molar-refractivity contribution in [2.24, 2.45) is 5.73 Å². The molecule has 1 aromatic rings. The standard InChI is InChI=1S/C13H21N3O3/c1-10(8-16-2-4-18-5-3-16)15-13(17)11-6-12(7-14)19-9-11/h6,9-10H,2-5,7-8,14H2,1H3,(H,15,17). The molecule has 1 fully saturated rings. The number of amides is 1. The van der Waals surface area contributed by atoms with Crippen LogP contribution in [0, 0.1) is 0 Å². The Morgan fingerprint density at radius 3 is 2.89 bits per heavy atom. The van der Waals surface area contributed by atoms with E-state index in [-0.39, 0.29) is 11.9 Å². The normalized spacial score (nSPS) is 18.2. The van der Waals surface area contributed by atoms with Crippen LogP contribution < -0.4 is 11.1 Å². The van der Waals surface area contributed by atoms with Gasteiger partial charge in [-0.25, -0.2) is 0 Å². The van der Waals surface area contributed by atoms with Crippen molar-refractivity contribution in [3.8, 4) is 0 Å². The van der Waals surface area contributed by atoms with Gasteiger partial charge in [0.15, 0.2) is 0 Å². The number of nitrogens with one attached hydrogen (secondary N) is 1. The number of furan rings is 1. The molecule has 1 saturated heterocycles. The summed E-state index contributed by atoms with van der Waals surface area (Å²) in [7, 11) is 0. The van der Waals surface area contributed by atoms with E-state index in [2.05, 4.69) is 10.2 Å². The SMILES string of the molecule is CC(CN1CCOCC1)NC(=O)c1coc(CN)c1. The van der Waals surface area contributed by atoms with E-state index in [1.807, 2.05) is 6.92 Å². The summed E-state index contributed by atoms with van der Waals surface area (Å²) in [6, 6.07) is 1.76. The summed E-state index contributed by atoms with van der Waals surface area (Å²) in [5, 5.41) is 2.96. The van der Waals surface area contributed by atoms with Crippen LogP contribution >= 0.6 is 0 Å². The van der Waals surface area contributed by atoms with E-state index in [9.17, 15) is 4.79 Å². The number of hydrogen-bond acceptors (Lipinski definition) is 5. The smallest absolute Gasteiger partial charge is 0.254 e. The Labute approximate surface area is 112 Å². The molecular weight excluding hydrogens is 246 g/mol. The number of hydrogen-bond donors (Lipinski definition) is 2. The van der Waals surface area contributed by atoms with Gasteiger partial charge in [-0.05, 0) is 13.0 Å². The summed E-state index contributed by atoms with van der Waals surface area (Å²) in [5.41, 5.74) is 5.97. The molecule has 6 heteroatoms. The molecule has 1 aromatic heterocycles. The third-order valence-corrected chi connectivity index (χ3v) is 3.13.